The Balaban J connectivity index is 1.76. The zero-order valence-corrected chi connectivity index (χ0v) is 18.0. The fourth-order valence-corrected chi connectivity index (χ4v) is 4.45. The standard InChI is InChI=1S/C24H27ClO6/c1-2-13-5-7-14(8-6-13)10-15-11-17(16-4-3-9-30-23(16)19(15)25)24-22(29)21(28)20(27)18(12-26)31-24/h3-8,11,18,20-22,24,26-29H,2,9-10,12H2,1H3/t18-,20-,21+,22-,24+/m1/s1. The molecule has 0 unspecified atom stereocenters. The Labute approximate surface area is 186 Å². The number of aliphatic hydroxyl groups is 4. The van der Waals surface area contributed by atoms with Crippen molar-refractivity contribution in [3.8, 4) is 5.75 Å². The van der Waals surface area contributed by atoms with Gasteiger partial charge in [0.25, 0.3) is 0 Å². The Kier molecular flexibility index (Phi) is 6.67. The monoisotopic (exact) mass is 446 g/mol. The Hall–Kier alpha value is -1.93. The molecule has 0 radical (unpaired) electrons. The van der Waals surface area contributed by atoms with Gasteiger partial charge in [-0.15, -0.1) is 0 Å². The molecule has 2 aromatic rings. The van der Waals surface area contributed by atoms with Gasteiger partial charge in [0.05, 0.1) is 11.6 Å². The van der Waals surface area contributed by atoms with Gasteiger partial charge in [-0.25, -0.2) is 0 Å². The molecule has 0 aromatic heterocycles. The first-order valence-corrected chi connectivity index (χ1v) is 10.8. The molecule has 2 heterocycles. The second-order valence-corrected chi connectivity index (χ2v) is 8.37. The summed E-state index contributed by atoms with van der Waals surface area (Å²) >= 11 is 6.70. The lowest BCUT2D eigenvalue weighted by Gasteiger charge is -2.41. The maximum absolute atomic E-state index is 10.7. The Morgan fingerprint density at radius 1 is 1.03 bits per heavy atom. The number of aliphatic hydroxyl groups excluding tert-OH is 4. The van der Waals surface area contributed by atoms with E-state index in [-0.39, 0.29) is 0 Å². The fraction of sp³-hybridized carbons (Fsp3) is 0.417. The van der Waals surface area contributed by atoms with Gasteiger partial charge in [-0.2, -0.15) is 0 Å². The van der Waals surface area contributed by atoms with E-state index in [1.807, 2.05) is 18.2 Å². The minimum absolute atomic E-state index is 0.371. The van der Waals surface area contributed by atoms with E-state index in [9.17, 15) is 20.4 Å². The summed E-state index contributed by atoms with van der Waals surface area (Å²) in [4.78, 5) is 0. The maximum atomic E-state index is 10.7. The molecule has 1 saturated heterocycles. The van der Waals surface area contributed by atoms with Gasteiger partial charge in [-0.3, -0.25) is 0 Å². The third-order valence-electron chi connectivity index (χ3n) is 6.00. The van der Waals surface area contributed by atoms with Crippen LogP contribution in [-0.2, 0) is 17.6 Å². The molecule has 166 valence electrons. The predicted molar refractivity (Wildman–Crippen MR) is 117 cm³/mol. The van der Waals surface area contributed by atoms with Crippen LogP contribution in [0.5, 0.6) is 5.75 Å². The van der Waals surface area contributed by atoms with Crippen LogP contribution in [0, 0.1) is 0 Å². The highest BCUT2D eigenvalue weighted by atomic mass is 35.5. The number of ether oxygens (including phenoxy) is 2. The molecule has 0 bridgehead atoms. The second-order valence-electron chi connectivity index (χ2n) is 7.99. The summed E-state index contributed by atoms with van der Waals surface area (Å²) in [7, 11) is 0. The number of hydrogen-bond donors (Lipinski definition) is 4. The molecular weight excluding hydrogens is 420 g/mol. The molecular formula is C24H27ClO6. The molecule has 1 fully saturated rings. The van der Waals surface area contributed by atoms with Gasteiger partial charge in [0.15, 0.2) is 0 Å². The van der Waals surface area contributed by atoms with Gasteiger partial charge in [0, 0.05) is 5.56 Å². The van der Waals surface area contributed by atoms with E-state index in [2.05, 4.69) is 31.2 Å². The highest BCUT2D eigenvalue weighted by Crippen LogP contribution is 2.44. The Bertz CT molecular complexity index is 956. The lowest BCUT2D eigenvalue weighted by atomic mass is 9.86. The molecule has 2 aliphatic rings. The number of benzene rings is 2. The molecule has 31 heavy (non-hydrogen) atoms. The summed E-state index contributed by atoms with van der Waals surface area (Å²) in [6, 6.07) is 10.1. The first kappa shape index (κ1) is 22.3. The topological polar surface area (TPSA) is 99.4 Å². The summed E-state index contributed by atoms with van der Waals surface area (Å²) < 4.78 is 11.6. The van der Waals surface area contributed by atoms with Crippen molar-refractivity contribution >= 4 is 17.7 Å². The number of halogens is 1. The van der Waals surface area contributed by atoms with Crippen LogP contribution in [0.15, 0.2) is 36.4 Å². The molecule has 6 nitrogen and oxygen atoms in total. The molecule has 0 aliphatic carbocycles. The van der Waals surface area contributed by atoms with E-state index in [0.717, 1.165) is 17.5 Å². The summed E-state index contributed by atoms with van der Waals surface area (Å²) in [6.45, 7) is 1.99. The molecule has 7 heteroatoms. The van der Waals surface area contributed by atoms with Crippen LogP contribution in [0.3, 0.4) is 0 Å². The zero-order valence-electron chi connectivity index (χ0n) is 17.2. The molecule has 0 spiro atoms. The number of rotatable bonds is 5. The van der Waals surface area contributed by atoms with Crippen molar-refractivity contribution in [2.75, 3.05) is 13.2 Å². The lowest BCUT2D eigenvalue weighted by Crippen LogP contribution is -2.55. The first-order valence-electron chi connectivity index (χ1n) is 10.5. The van der Waals surface area contributed by atoms with E-state index < -0.39 is 37.1 Å². The van der Waals surface area contributed by atoms with Crippen LogP contribution in [0.25, 0.3) is 6.08 Å². The molecule has 0 saturated carbocycles. The van der Waals surface area contributed by atoms with Gasteiger partial charge in [0.2, 0.25) is 0 Å². The van der Waals surface area contributed by atoms with Crippen molar-refractivity contribution in [1.29, 1.82) is 0 Å². The van der Waals surface area contributed by atoms with Crippen LogP contribution in [0.2, 0.25) is 5.02 Å². The van der Waals surface area contributed by atoms with Crippen LogP contribution in [0.1, 0.15) is 40.8 Å². The van der Waals surface area contributed by atoms with Crippen LogP contribution < -0.4 is 4.74 Å². The third-order valence-corrected chi connectivity index (χ3v) is 6.41. The zero-order chi connectivity index (χ0) is 22.1. The number of aryl methyl sites for hydroxylation is 1. The third kappa shape index (κ3) is 4.24. The van der Waals surface area contributed by atoms with Crippen molar-refractivity contribution in [3.05, 3.63) is 69.2 Å². The highest BCUT2D eigenvalue weighted by molar-refractivity contribution is 6.33. The Morgan fingerprint density at radius 3 is 2.42 bits per heavy atom. The molecule has 4 rings (SSSR count). The van der Waals surface area contributed by atoms with Crippen molar-refractivity contribution in [1.82, 2.24) is 0 Å². The average Bonchev–Trinajstić information content (AvgIpc) is 2.80. The first-order chi connectivity index (χ1) is 14.9. The van der Waals surface area contributed by atoms with E-state index in [4.69, 9.17) is 21.1 Å². The summed E-state index contributed by atoms with van der Waals surface area (Å²) in [5, 5.41) is 41.1. The van der Waals surface area contributed by atoms with E-state index in [1.165, 1.54) is 5.56 Å². The van der Waals surface area contributed by atoms with E-state index in [0.29, 0.717) is 34.9 Å². The fourth-order valence-electron chi connectivity index (χ4n) is 4.17. The lowest BCUT2D eigenvalue weighted by molar-refractivity contribution is -0.231. The summed E-state index contributed by atoms with van der Waals surface area (Å²) in [5.41, 5.74) is 4.37. The predicted octanol–water partition coefficient (Wildman–Crippen LogP) is 2.41. The van der Waals surface area contributed by atoms with E-state index in [1.54, 1.807) is 0 Å². The largest absolute Gasteiger partial charge is 0.487 e. The van der Waals surface area contributed by atoms with Gasteiger partial charge in [-0.1, -0.05) is 54.9 Å². The van der Waals surface area contributed by atoms with Crippen molar-refractivity contribution < 1.29 is 29.9 Å². The molecule has 0 amide bonds. The Morgan fingerprint density at radius 2 is 1.74 bits per heavy atom. The highest BCUT2D eigenvalue weighted by Gasteiger charge is 2.45. The molecule has 2 aromatic carbocycles. The number of hydrogen-bond acceptors (Lipinski definition) is 6. The van der Waals surface area contributed by atoms with Gasteiger partial charge in [0.1, 0.15) is 42.9 Å². The van der Waals surface area contributed by atoms with Crippen LogP contribution in [0.4, 0.5) is 0 Å². The van der Waals surface area contributed by atoms with Crippen LogP contribution >= 0.6 is 11.6 Å². The van der Waals surface area contributed by atoms with E-state index >= 15 is 0 Å². The minimum atomic E-state index is -1.46. The van der Waals surface area contributed by atoms with Gasteiger partial charge < -0.3 is 29.9 Å². The van der Waals surface area contributed by atoms with Crippen molar-refractivity contribution in [2.24, 2.45) is 0 Å². The minimum Gasteiger partial charge on any atom is -0.487 e. The quantitative estimate of drug-likeness (QED) is 0.563. The SMILES string of the molecule is CCc1ccc(Cc2cc([C@@H]3O[C@H](CO)[C@@H](O)[C@H](O)[C@H]3O)c3c(c2Cl)OCC=C3)cc1. The summed E-state index contributed by atoms with van der Waals surface area (Å²) in [6.07, 6.45) is -1.02. The molecule has 2 aliphatic heterocycles. The molecule has 5 atom stereocenters. The van der Waals surface area contributed by atoms with Gasteiger partial charge >= 0.3 is 0 Å². The van der Waals surface area contributed by atoms with Crippen molar-refractivity contribution in [3.63, 3.8) is 0 Å². The normalized spacial score (nSPS) is 27.6. The van der Waals surface area contributed by atoms with Crippen LogP contribution in [-0.4, -0.2) is 58.1 Å². The average molecular weight is 447 g/mol. The number of fused-ring (bicyclic) bond motifs is 1. The second kappa shape index (κ2) is 9.28. The van der Waals surface area contributed by atoms with Gasteiger partial charge in [-0.05, 0) is 41.2 Å². The van der Waals surface area contributed by atoms with Crippen molar-refractivity contribution in [2.45, 2.75) is 50.3 Å². The smallest absolute Gasteiger partial charge is 0.146 e. The summed E-state index contributed by atoms with van der Waals surface area (Å²) in [5.74, 6) is 0.499. The maximum Gasteiger partial charge on any atom is 0.146 e. The molecule has 4 N–H and O–H groups in total.